The van der Waals surface area contributed by atoms with E-state index in [1.165, 1.54) is 94.6 Å². The molecule has 0 saturated heterocycles. The lowest BCUT2D eigenvalue weighted by atomic mass is 9.66. The van der Waals surface area contributed by atoms with Crippen molar-refractivity contribution < 1.29 is 0 Å². The van der Waals surface area contributed by atoms with Crippen LogP contribution in [0.25, 0.3) is 27.8 Å². The number of hydrogen-bond donors (Lipinski definition) is 0. The molecule has 0 saturated carbocycles. The Balaban J connectivity index is 1.07. The van der Waals surface area contributed by atoms with Gasteiger partial charge in [-0.2, -0.15) is 0 Å². The molecule has 364 valence electrons. The molecule has 11 aromatic carbocycles. The molecule has 0 aliphatic heterocycles. The van der Waals surface area contributed by atoms with E-state index in [1.807, 2.05) is 0 Å². The Labute approximate surface area is 452 Å². The highest BCUT2D eigenvalue weighted by molar-refractivity contribution is 5.96. The second-order valence-corrected chi connectivity index (χ2v) is 20.6. The van der Waals surface area contributed by atoms with Crippen molar-refractivity contribution in [2.45, 2.75) is 23.2 Å². The summed E-state index contributed by atoms with van der Waals surface area (Å²) in [5.74, 6) is 0. The lowest BCUT2D eigenvalue weighted by Gasteiger charge is -2.36. The first-order valence-electron chi connectivity index (χ1n) is 26.9. The quantitative estimate of drug-likeness (QED) is 0.125. The molecule has 1 heteroatoms. The number of allylic oxidation sites excluding steroid dienone is 5. The first-order chi connectivity index (χ1) is 38.1. The first kappa shape index (κ1) is 46.0. The summed E-state index contributed by atoms with van der Waals surface area (Å²) in [6.45, 7) is 6.62. The van der Waals surface area contributed by atoms with E-state index in [2.05, 4.69) is 322 Å². The van der Waals surface area contributed by atoms with Crippen LogP contribution in [0.15, 0.2) is 315 Å². The first-order valence-corrected chi connectivity index (χ1v) is 26.9. The number of fused-ring (bicyclic) bond motifs is 7. The third-order valence-electron chi connectivity index (χ3n) is 17.0. The van der Waals surface area contributed by atoms with Crippen molar-refractivity contribution >= 4 is 22.6 Å². The van der Waals surface area contributed by atoms with E-state index in [0.717, 1.165) is 22.6 Å². The van der Waals surface area contributed by atoms with Gasteiger partial charge in [-0.25, -0.2) is 0 Å². The van der Waals surface area contributed by atoms with Crippen molar-refractivity contribution in [1.29, 1.82) is 0 Å². The van der Waals surface area contributed by atoms with Gasteiger partial charge in [0.05, 0.1) is 16.2 Å². The average Bonchev–Trinajstić information content (AvgIpc) is 4.32. The zero-order valence-corrected chi connectivity index (χ0v) is 43.0. The maximum atomic E-state index is 4.50. The van der Waals surface area contributed by atoms with Crippen LogP contribution in [0.3, 0.4) is 0 Å². The third-order valence-corrected chi connectivity index (χ3v) is 17.0. The maximum absolute atomic E-state index is 4.50. The van der Waals surface area contributed by atoms with Gasteiger partial charge in [-0.15, -0.1) is 0 Å². The van der Waals surface area contributed by atoms with E-state index < -0.39 is 16.2 Å². The molecule has 0 atom stereocenters. The van der Waals surface area contributed by atoms with Crippen molar-refractivity contribution in [2.75, 3.05) is 4.90 Å². The van der Waals surface area contributed by atoms with Gasteiger partial charge in [0.1, 0.15) is 0 Å². The highest BCUT2D eigenvalue weighted by Gasteiger charge is 2.50. The Kier molecular flexibility index (Phi) is 11.0. The smallest absolute Gasteiger partial charge is 0.0714 e. The second kappa shape index (κ2) is 18.4. The molecule has 0 fully saturated rings. The molecule has 77 heavy (non-hydrogen) atoms. The summed E-state index contributed by atoms with van der Waals surface area (Å²) in [6, 6.07) is 106. The molecule has 0 spiro atoms. The Morgan fingerprint density at radius 1 is 0.299 bits per heavy atom. The van der Waals surface area contributed by atoms with Crippen molar-refractivity contribution in [3.63, 3.8) is 0 Å². The molecule has 3 aliphatic carbocycles. The zero-order valence-electron chi connectivity index (χ0n) is 43.0. The minimum Gasteiger partial charge on any atom is -0.310 e. The molecule has 0 aromatic heterocycles. The topological polar surface area (TPSA) is 3.24 Å². The van der Waals surface area contributed by atoms with Crippen LogP contribution < -0.4 is 4.90 Å². The molecule has 0 heterocycles. The monoisotopic (exact) mass is 981 g/mol. The lowest BCUT2D eigenvalue weighted by Crippen LogP contribution is -2.30. The molecule has 0 bridgehead atoms. The summed E-state index contributed by atoms with van der Waals surface area (Å²) in [5, 5.41) is 0. The third kappa shape index (κ3) is 6.60. The highest BCUT2D eigenvalue weighted by atomic mass is 15.1. The Morgan fingerprint density at radius 3 is 1.06 bits per heavy atom. The second-order valence-electron chi connectivity index (χ2n) is 20.6. The van der Waals surface area contributed by atoms with Crippen LogP contribution in [-0.2, 0) is 16.2 Å². The average molecular weight is 982 g/mol. The summed E-state index contributed by atoms with van der Waals surface area (Å²) in [5.41, 5.74) is 23.7. The minimum absolute atomic E-state index is 0.531. The molecule has 14 rings (SSSR count). The SMILES string of the molecule is C=CC1=C(/C=C\C)C(c2ccccc2)(c2ccccc2)c2cc(N(c3ccc4c(c3)-c3ccccc3C4(c3ccccc3)c3ccccc3)c3ccc4c(c3)C(c3ccccc3)(c3ccccc3)c3ccccc3-4)ccc21. The minimum atomic E-state index is -0.646. The summed E-state index contributed by atoms with van der Waals surface area (Å²) >= 11 is 0. The molecule has 0 amide bonds. The fourth-order valence-corrected chi connectivity index (χ4v) is 14.1. The van der Waals surface area contributed by atoms with E-state index in [1.54, 1.807) is 0 Å². The zero-order chi connectivity index (χ0) is 51.6. The van der Waals surface area contributed by atoms with Gasteiger partial charge in [0.15, 0.2) is 0 Å². The van der Waals surface area contributed by atoms with Gasteiger partial charge in [-0.05, 0) is 143 Å². The maximum Gasteiger partial charge on any atom is 0.0714 e. The summed E-state index contributed by atoms with van der Waals surface area (Å²) in [4.78, 5) is 2.53. The highest BCUT2D eigenvalue weighted by Crippen LogP contribution is 2.61. The molecule has 3 aliphatic rings. The van der Waals surface area contributed by atoms with E-state index in [0.29, 0.717) is 0 Å². The summed E-state index contributed by atoms with van der Waals surface area (Å²) in [6.07, 6.45) is 6.55. The van der Waals surface area contributed by atoms with E-state index in [-0.39, 0.29) is 0 Å². The predicted molar refractivity (Wildman–Crippen MR) is 320 cm³/mol. The Morgan fingerprint density at radius 2 is 0.623 bits per heavy atom. The van der Waals surface area contributed by atoms with Crippen molar-refractivity contribution in [2.24, 2.45) is 0 Å². The lowest BCUT2D eigenvalue weighted by molar-refractivity contribution is 0.761. The summed E-state index contributed by atoms with van der Waals surface area (Å²) in [7, 11) is 0. The molecular weight excluding hydrogens is 927 g/mol. The van der Waals surface area contributed by atoms with Crippen LogP contribution in [0.4, 0.5) is 17.1 Å². The Bertz CT molecular complexity index is 3980. The fraction of sp³-hybridized carbons (Fsp3) is 0.0526. The van der Waals surface area contributed by atoms with Gasteiger partial charge in [0.2, 0.25) is 0 Å². The standard InChI is InChI=1S/C76H55N/c1-3-27-68-62(4-2)65-47-44-60(51-72(65)75(68,55-32-15-7-16-33-55)56-34-17-8-18-35-56)77(59-46-49-71-67(50-59)64-41-24-26-43-70(64)74(71,53-28-11-5-12-29-53)54-30-13-6-14-31-54)61-45-48-66-63-40-23-25-42-69(63)76(73(66)52-61,57-36-19-9-20-37-57)58-38-21-10-22-39-58/h3-52H,2H2,1H3/b27-3-. The molecule has 0 N–H and O–H groups in total. The van der Waals surface area contributed by atoms with E-state index in [9.17, 15) is 0 Å². The van der Waals surface area contributed by atoms with Gasteiger partial charge < -0.3 is 4.90 Å². The molecule has 1 nitrogen and oxygen atoms in total. The van der Waals surface area contributed by atoms with Crippen LogP contribution in [0.2, 0.25) is 0 Å². The number of nitrogens with zero attached hydrogens (tertiary/aromatic N) is 1. The van der Waals surface area contributed by atoms with E-state index >= 15 is 0 Å². The van der Waals surface area contributed by atoms with Crippen LogP contribution >= 0.6 is 0 Å². The molecule has 11 aromatic rings. The van der Waals surface area contributed by atoms with Gasteiger partial charge in [0, 0.05) is 17.1 Å². The van der Waals surface area contributed by atoms with Crippen LogP contribution in [0.5, 0.6) is 0 Å². The van der Waals surface area contributed by atoms with Crippen molar-refractivity contribution in [3.05, 3.63) is 382 Å². The normalized spacial score (nSPS) is 14.8. The fourth-order valence-electron chi connectivity index (χ4n) is 14.1. The Hall–Kier alpha value is -9.56. The molecule has 0 unspecified atom stereocenters. The van der Waals surface area contributed by atoms with Crippen molar-refractivity contribution in [1.82, 2.24) is 0 Å². The number of rotatable bonds is 11. The van der Waals surface area contributed by atoms with Crippen molar-refractivity contribution in [3.8, 4) is 22.3 Å². The number of anilines is 3. The molecule has 0 radical (unpaired) electrons. The van der Waals surface area contributed by atoms with Gasteiger partial charge in [0.25, 0.3) is 0 Å². The van der Waals surface area contributed by atoms with E-state index in [4.69, 9.17) is 0 Å². The summed E-state index contributed by atoms with van der Waals surface area (Å²) < 4.78 is 0. The number of benzene rings is 11. The number of hydrogen-bond acceptors (Lipinski definition) is 1. The predicted octanol–water partition coefficient (Wildman–Crippen LogP) is 18.7. The van der Waals surface area contributed by atoms with Gasteiger partial charge >= 0.3 is 0 Å². The van der Waals surface area contributed by atoms with Crippen LogP contribution in [-0.4, -0.2) is 0 Å². The molecular formula is C76H55N. The van der Waals surface area contributed by atoms with Crippen LogP contribution in [0, 0.1) is 0 Å². The van der Waals surface area contributed by atoms with Gasteiger partial charge in [-0.1, -0.05) is 274 Å². The largest absolute Gasteiger partial charge is 0.310 e. The van der Waals surface area contributed by atoms with Gasteiger partial charge in [-0.3, -0.25) is 0 Å². The van der Waals surface area contributed by atoms with Crippen LogP contribution in [0.1, 0.15) is 73.7 Å².